The van der Waals surface area contributed by atoms with E-state index in [9.17, 15) is 4.79 Å². The zero-order valence-electron chi connectivity index (χ0n) is 15.8. The summed E-state index contributed by atoms with van der Waals surface area (Å²) in [5, 5.41) is 10.5. The number of guanidine groups is 1. The number of amides is 1. The third-order valence-electron chi connectivity index (χ3n) is 4.75. The van der Waals surface area contributed by atoms with E-state index in [1.165, 1.54) is 0 Å². The fraction of sp³-hybridized carbons (Fsp3) is 0.722. The second-order valence-electron chi connectivity index (χ2n) is 7.11. The van der Waals surface area contributed by atoms with Crippen LogP contribution in [0.4, 0.5) is 0 Å². The SMILES string of the molecule is CN=C(NCCCC(=O)NC1CC1)N1CCN(Cc2cc(C)on2)CC1. The zero-order valence-corrected chi connectivity index (χ0v) is 15.8. The molecule has 1 amide bonds. The van der Waals surface area contributed by atoms with Crippen molar-refractivity contribution in [2.75, 3.05) is 39.8 Å². The number of carbonyl (C=O) groups is 1. The molecule has 0 spiro atoms. The maximum Gasteiger partial charge on any atom is 0.220 e. The van der Waals surface area contributed by atoms with Crippen LogP contribution in [0.25, 0.3) is 0 Å². The van der Waals surface area contributed by atoms with Crippen LogP contribution in [0.1, 0.15) is 37.1 Å². The van der Waals surface area contributed by atoms with Gasteiger partial charge < -0.3 is 20.1 Å². The van der Waals surface area contributed by atoms with E-state index in [1.807, 2.05) is 20.0 Å². The lowest BCUT2D eigenvalue weighted by molar-refractivity contribution is -0.121. The Hall–Kier alpha value is -2.09. The van der Waals surface area contributed by atoms with Gasteiger partial charge in [-0.15, -0.1) is 0 Å². The fourth-order valence-electron chi connectivity index (χ4n) is 3.15. The summed E-state index contributed by atoms with van der Waals surface area (Å²) in [5.41, 5.74) is 0.989. The lowest BCUT2D eigenvalue weighted by Crippen LogP contribution is -2.52. The van der Waals surface area contributed by atoms with Crippen molar-refractivity contribution in [3.8, 4) is 0 Å². The first-order valence-corrected chi connectivity index (χ1v) is 9.53. The van der Waals surface area contributed by atoms with Crippen molar-refractivity contribution in [3.63, 3.8) is 0 Å². The molecule has 8 nitrogen and oxygen atoms in total. The minimum absolute atomic E-state index is 0.168. The van der Waals surface area contributed by atoms with Crippen LogP contribution in [0.3, 0.4) is 0 Å². The number of carbonyl (C=O) groups excluding carboxylic acids is 1. The average Bonchev–Trinajstić information content (AvgIpc) is 3.35. The molecule has 8 heteroatoms. The summed E-state index contributed by atoms with van der Waals surface area (Å²) in [7, 11) is 1.81. The summed E-state index contributed by atoms with van der Waals surface area (Å²) < 4.78 is 5.13. The second-order valence-corrected chi connectivity index (χ2v) is 7.11. The number of hydrogen-bond acceptors (Lipinski definition) is 5. The molecular formula is C18H30N6O2. The van der Waals surface area contributed by atoms with Crippen molar-refractivity contribution in [2.45, 2.75) is 45.2 Å². The largest absolute Gasteiger partial charge is 0.361 e. The van der Waals surface area contributed by atoms with Gasteiger partial charge in [0, 0.05) is 64.8 Å². The van der Waals surface area contributed by atoms with Crippen molar-refractivity contribution in [1.82, 2.24) is 25.6 Å². The van der Waals surface area contributed by atoms with E-state index in [0.717, 1.165) is 75.9 Å². The van der Waals surface area contributed by atoms with Crippen LogP contribution < -0.4 is 10.6 Å². The van der Waals surface area contributed by atoms with Crippen molar-refractivity contribution in [2.24, 2.45) is 4.99 Å². The van der Waals surface area contributed by atoms with Crippen LogP contribution in [-0.2, 0) is 11.3 Å². The Labute approximate surface area is 155 Å². The first kappa shape index (κ1) is 18.7. The summed E-state index contributed by atoms with van der Waals surface area (Å²) in [6, 6.07) is 2.44. The highest BCUT2D eigenvalue weighted by molar-refractivity contribution is 5.80. The van der Waals surface area contributed by atoms with Crippen molar-refractivity contribution < 1.29 is 9.32 Å². The third-order valence-corrected chi connectivity index (χ3v) is 4.75. The Morgan fingerprint density at radius 2 is 2.12 bits per heavy atom. The Balaban J connectivity index is 1.33. The van der Waals surface area contributed by atoms with Gasteiger partial charge in [-0.2, -0.15) is 0 Å². The maximum absolute atomic E-state index is 11.7. The number of nitrogens with one attached hydrogen (secondary N) is 2. The standard InChI is InChI=1S/C18H30N6O2/c1-14-12-16(22-26-14)13-23-8-10-24(11-9-23)18(19-2)20-7-3-4-17(25)21-15-5-6-15/h12,15H,3-11,13H2,1-2H3,(H,19,20)(H,21,25). The third kappa shape index (κ3) is 5.72. The second kappa shape index (κ2) is 9.02. The molecule has 0 atom stereocenters. The van der Waals surface area contributed by atoms with Gasteiger partial charge in [0.1, 0.15) is 5.76 Å². The lowest BCUT2D eigenvalue weighted by Gasteiger charge is -2.36. The van der Waals surface area contributed by atoms with Gasteiger partial charge in [0.25, 0.3) is 0 Å². The van der Waals surface area contributed by atoms with Crippen molar-refractivity contribution in [3.05, 3.63) is 17.5 Å². The van der Waals surface area contributed by atoms with Crippen molar-refractivity contribution >= 4 is 11.9 Å². The van der Waals surface area contributed by atoms with E-state index in [0.29, 0.717) is 12.5 Å². The van der Waals surface area contributed by atoms with Crippen LogP contribution in [0.2, 0.25) is 0 Å². The van der Waals surface area contributed by atoms with E-state index >= 15 is 0 Å². The molecular weight excluding hydrogens is 332 g/mol. The number of aryl methyl sites for hydroxylation is 1. The molecule has 0 aromatic carbocycles. The summed E-state index contributed by atoms with van der Waals surface area (Å²) in [6.45, 7) is 7.31. The Morgan fingerprint density at radius 3 is 2.73 bits per heavy atom. The molecule has 1 saturated carbocycles. The molecule has 0 unspecified atom stereocenters. The monoisotopic (exact) mass is 362 g/mol. The van der Waals surface area contributed by atoms with Crippen LogP contribution in [0, 0.1) is 6.92 Å². The van der Waals surface area contributed by atoms with Gasteiger partial charge in [0.15, 0.2) is 5.96 Å². The Morgan fingerprint density at radius 1 is 1.35 bits per heavy atom. The smallest absolute Gasteiger partial charge is 0.220 e. The molecule has 26 heavy (non-hydrogen) atoms. The summed E-state index contributed by atoms with van der Waals surface area (Å²) in [6.07, 6.45) is 3.67. The molecule has 144 valence electrons. The van der Waals surface area contributed by atoms with E-state index in [1.54, 1.807) is 0 Å². The highest BCUT2D eigenvalue weighted by Gasteiger charge is 2.23. The predicted molar refractivity (Wildman–Crippen MR) is 99.9 cm³/mol. The van der Waals surface area contributed by atoms with E-state index in [-0.39, 0.29) is 5.91 Å². The first-order chi connectivity index (χ1) is 12.6. The minimum Gasteiger partial charge on any atom is -0.361 e. The maximum atomic E-state index is 11.7. The topological polar surface area (TPSA) is 86.0 Å². The average molecular weight is 362 g/mol. The van der Waals surface area contributed by atoms with Gasteiger partial charge >= 0.3 is 0 Å². The van der Waals surface area contributed by atoms with E-state index in [2.05, 4.69) is 30.6 Å². The number of rotatable bonds is 7. The van der Waals surface area contributed by atoms with Crippen LogP contribution in [-0.4, -0.2) is 72.6 Å². The van der Waals surface area contributed by atoms with Crippen LogP contribution in [0.5, 0.6) is 0 Å². The molecule has 0 radical (unpaired) electrons. The highest BCUT2D eigenvalue weighted by atomic mass is 16.5. The molecule has 1 aliphatic carbocycles. The number of aliphatic imine (C=N–C) groups is 1. The molecule has 2 N–H and O–H groups in total. The molecule has 0 bridgehead atoms. The molecule has 1 aromatic heterocycles. The predicted octanol–water partition coefficient (Wildman–Crippen LogP) is 0.735. The molecule has 2 aliphatic rings. The molecule has 2 heterocycles. The highest BCUT2D eigenvalue weighted by Crippen LogP contribution is 2.18. The summed E-state index contributed by atoms with van der Waals surface area (Å²) in [4.78, 5) is 20.7. The number of aromatic nitrogens is 1. The van der Waals surface area contributed by atoms with Crippen LogP contribution in [0.15, 0.2) is 15.6 Å². The fourth-order valence-corrected chi connectivity index (χ4v) is 3.15. The summed E-state index contributed by atoms with van der Waals surface area (Å²) >= 11 is 0. The summed E-state index contributed by atoms with van der Waals surface area (Å²) in [5.74, 6) is 1.94. The molecule has 2 fully saturated rings. The van der Waals surface area contributed by atoms with E-state index in [4.69, 9.17) is 4.52 Å². The lowest BCUT2D eigenvalue weighted by atomic mass is 10.2. The molecule has 3 rings (SSSR count). The van der Waals surface area contributed by atoms with Gasteiger partial charge in [-0.25, -0.2) is 0 Å². The zero-order chi connectivity index (χ0) is 18.4. The van der Waals surface area contributed by atoms with E-state index < -0.39 is 0 Å². The number of hydrogen-bond donors (Lipinski definition) is 2. The Bertz CT molecular complexity index is 617. The van der Waals surface area contributed by atoms with Gasteiger partial charge in [-0.05, 0) is 26.2 Å². The number of nitrogens with zero attached hydrogens (tertiary/aromatic N) is 4. The van der Waals surface area contributed by atoms with Gasteiger partial charge in [0.05, 0.1) is 5.69 Å². The van der Waals surface area contributed by atoms with Gasteiger partial charge in [-0.3, -0.25) is 14.7 Å². The van der Waals surface area contributed by atoms with Gasteiger partial charge in [-0.1, -0.05) is 5.16 Å². The quantitative estimate of drug-likeness (QED) is 0.423. The minimum atomic E-state index is 0.168. The molecule has 1 saturated heterocycles. The first-order valence-electron chi connectivity index (χ1n) is 9.53. The molecule has 1 aliphatic heterocycles. The molecule has 1 aromatic rings. The van der Waals surface area contributed by atoms with Crippen LogP contribution >= 0.6 is 0 Å². The number of piperazine rings is 1. The Kier molecular flexibility index (Phi) is 6.49. The normalized spacial score (nSPS) is 18.8. The van der Waals surface area contributed by atoms with Crippen molar-refractivity contribution in [1.29, 1.82) is 0 Å². The van der Waals surface area contributed by atoms with Gasteiger partial charge in [0.2, 0.25) is 5.91 Å².